The van der Waals surface area contributed by atoms with Gasteiger partial charge in [0.25, 0.3) is 0 Å². The Labute approximate surface area is 139 Å². The first kappa shape index (κ1) is 14.6. The second kappa shape index (κ2) is 5.91. The van der Waals surface area contributed by atoms with Crippen LogP contribution in [0.4, 0.5) is 0 Å². The normalized spacial score (nSPS) is 17.4. The summed E-state index contributed by atoms with van der Waals surface area (Å²) in [4.78, 5) is 4.67. The number of imidazole rings is 1. The lowest BCUT2D eigenvalue weighted by Crippen LogP contribution is -2.31. The van der Waals surface area contributed by atoms with Gasteiger partial charge in [-0.1, -0.05) is 6.07 Å². The lowest BCUT2D eigenvalue weighted by molar-refractivity contribution is -0.0589. The second-order valence-corrected chi connectivity index (χ2v) is 6.08. The average Bonchev–Trinajstić information content (AvgIpc) is 2.88. The zero-order valence-corrected chi connectivity index (χ0v) is 13.6. The number of nitrogens with zero attached hydrogens (tertiary/aromatic N) is 4. The lowest BCUT2D eigenvalue weighted by atomic mass is 10.1. The van der Waals surface area contributed by atoms with Crippen molar-refractivity contribution in [1.29, 1.82) is 0 Å². The number of rotatable bonds is 4. The maximum atomic E-state index is 6.08. The van der Waals surface area contributed by atoms with Crippen molar-refractivity contribution >= 4 is 22.6 Å². The van der Waals surface area contributed by atoms with Crippen molar-refractivity contribution in [2.24, 2.45) is 0 Å². The molecule has 1 saturated heterocycles. The van der Waals surface area contributed by atoms with E-state index < -0.39 is 0 Å². The average molecular weight is 329 g/mol. The van der Waals surface area contributed by atoms with Crippen LogP contribution in [-0.2, 0) is 17.2 Å². The Morgan fingerprint density at radius 2 is 2.13 bits per heavy atom. The zero-order chi connectivity index (χ0) is 15.8. The Morgan fingerprint density at radius 3 is 2.78 bits per heavy atom. The van der Waals surface area contributed by atoms with E-state index in [1.807, 2.05) is 25.1 Å². The highest BCUT2D eigenvalue weighted by Crippen LogP contribution is 2.26. The molecule has 3 aromatic rings. The highest BCUT2D eigenvalue weighted by molar-refractivity contribution is 6.16. The molecule has 23 heavy (non-hydrogen) atoms. The highest BCUT2D eigenvalue weighted by Gasteiger charge is 2.21. The number of benzene rings is 1. The summed E-state index contributed by atoms with van der Waals surface area (Å²) >= 11 is 6.08. The van der Waals surface area contributed by atoms with Crippen molar-refractivity contribution in [2.45, 2.75) is 31.9 Å². The predicted octanol–water partition coefficient (Wildman–Crippen LogP) is 3.33. The first-order chi connectivity index (χ1) is 11.2. The van der Waals surface area contributed by atoms with Crippen molar-refractivity contribution in [2.75, 3.05) is 6.61 Å². The summed E-state index contributed by atoms with van der Waals surface area (Å²) < 4.78 is 7.71. The number of hydrogen-bond acceptors (Lipinski definition) is 4. The van der Waals surface area contributed by atoms with E-state index in [2.05, 4.69) is 31.9 Å². The molecule has 1 aliphatic heterocycles. The third-order valence-electron chi connectivity index (χ3n) is 4.22. The molecule has 3 heterocycles. The number of aryl methyl sites for hydroxylation is 1. The van der Waals surface area contributed by atoms with Gasteiger partial charge >= 0.3 is 0 Å². The minimum absolute atomic E-state index is 0.275. The van der Waals surface area contributed by atoms with Crippen molar-refractivity contribution in [3.8, 4) is 11.3 Å². The smallest absolute Gasteiger partial charge is 0.124 e. The molecule has 5 nitrogen and oxygen atoms in total. The zero-order valence-electron chi connectivity index (χ0n) is 12.9. The molecule has 1 aliphatic rings. The largest absolute Gasteiger partial charge is 0.376 e. The van der Waals surface area contributed by atoms with Crippen molar-refractivity contribution in [1.82, 2.24) is 19.7 Å². The van der Waals surface area contributed by atoms with Gasteiger partial charge in [0.05, 0.1) is 40.9 Å². The van der Waals surface area contributed by atoms with Crippen LogP contribution in [0, 0.1) is 6.92 Å². The molecular weight excluding hydrogens is 312 g/mol. The van der Waals surface area contributed by atoms with E-state index in [9.17, 15) is 0 Å². The van der Waals surface area contributed by atoms with Gasteiger partial charge in [-0.3, -0.25) is 0 Å². The Balaban J connectivity index is 1.75. The van der Waals surface area contributed by atoms with Crippen LogP contribution in [0.2, 0.25) is 0 Å². The van der Waals surface area contributed by atoms with Crippen LogP contribution in [-0.4, -0.2) is 32.5 Å². The minimum atomic E-state index is 0.275. The summed E-state index contributed by atoms with van der Waals surface area (Å²) in [7, 11) is 0. The maximum Gasteiger partial charge on any atom is 0.124 e. The summed E-state index contributed by atoms with van der Waals surface area (Å²) in [6.45, 7) is 3.59. The van der Waals surface area contributed by atoms with Gasteiger partial charge < -0.3 is 9.30 Å². The quantitative estimate of drug-likeness (QED) is 0.689. The molecule has 2 aromatic heterocycles. The van der Waals surface area contributed by atoms with E-state index in [1.165, 1.54) is 0 Å². The molecule has 0 unspecified atom stereocenters. The standard InChI is InChI=1S/C17H17ClN4O/c1-11-2-4-14(21-20-11)12-3-5-16-15(8-12)19-17(9-18)22(16)10-13-6-7-23-13/h2-5,8,13H,6-7,9-10H2,1H3/t13-/m0/s1. The molecule has 1 fully saturated rings. The molecule has 0 N–H and O–H groups in total. The summed E-state index contributed by atoms with van der Waals surface area (Å²) in [5.41, 5.74) is 4.78. The van der Waals surface area contributed by atoms with Gasteiger partial charge in [0.15, 0.2) is 0 Å². The molecule has 6 heteroatoms. The molecular formula is C17H17ClN4O. The molecule has 0 saturated carbocycles. The van der Waals surface area contributed by atoms with E-state index in [0.717, 1.165) is 53.4 Å². The summed E-state index contributed by atoms with van der Waals surface area (Å²) in [6.07, 6.45) is 1.37. The van der Waals surface area contributed by atoms with Crippen LogP contribution < -0.4 is 0 Å². The fourth-order valence-corrected chi connectivity index (χ4v) is 3.03. The number of fused-ring (bicyclic) bond motifs is 1. The van der Waals surface area contributed by atoms with Gasteiger partial charge in [0, 0.05) is 12.2 Å². The monoisotopic (exact) mass is 328 g/mol. The third kappa shape index (κ3) is 2.71. The van der Waals surface area contributed by atoms with E-state index in [4.69, 9.17) is 16.3 Å². The molecule has 0 bridgehead atoms. The lowest BCUT2D eigenvalue weighted by Gasteiger charge is -2.27. The summed E-state index contributed by atoms with van der Waals surface area (Å²) in [5.74, 6) is 1.27. The topological polar surface area (TPSA) is 52.8 Å². The van der Waals surface area contributed by atoms with Gasteiger partial charge in [-0.05, 0) is 37.6 Å². The number of alkyl halides is 1. The fourth-order valence-electron chi connectivity index (χ4n) is 2.83. The van der Waals surface area contributed by atoms with Gasteiger partial charge in [0.2, 0.25) is 0 Å². The molecule has 1 atom stereocenters. The van der Waals surface area contributed by atoms with Crippen LogP contribution in [0.1, 0.15) is 17.9 Å². The first-order valence-electron chi connectivity index (χ1n) is 7.72. The van der Waals surface area contributed by atoms with Crippen LogP contribution in [0.15, 0.2) is 30.3 Å². The molecule has 0 aliphatic carbocycles. The Hall–Kier alpha value is -1.98. The third-order valence-corrected chi connectivity index (χ3v) is 4.46. The maximum absolute atomic E-state index is 6.08. The van der Waals surface area contributed by atoms with Crippen molar-refractivity contribution in [3.05, 3.63) is 41.9 Å². The molecule has 1 aromatic carbocycles. The molecule has 118 valence electrons. The van der Waals surface area contributed by atoms with E-state index in [1.54, 1.807) is 0 Å². The Kier molecular flexibility index (Phi) is 3.75. The van der Waals surface area contributed by atoms with Crippen LogP contribution in [0.3, 0.4) is 0 Å². The Morgan fingerprint density at radius 1 is 1.26 bits per heavy atom. The van der Waals surface area contributed by atoms with E-state index >= 15 is 0 Å². The Bertz CT molecular complexity index is 840. The second-order valence-electron chi connectivity index (χ2n) is 5.82. The predicted molar refractivity (Wildman–Crippen MR) is 89.4 cm³/mol. The number of hydrogen-bond donors (Lipinski definition) is 0. The van der Waals surface area contributed by atoms with E-state index in [0.29, 0.717) is 5.88 Å². The van der Waals surface area contributed by atoms with Gasteiger partial charge in [-0.25, -0.2) is 4.98 Å². The molecule has 4 rings (SSSR count). The van der Waals surface area contributed by atoms with Crippen molar-refractivity contribution in [3.63, 3.8) is 0 Å². The van der Waals surface area contributed by atoms with E-state index in [-0.39, 0.29) is 6.10 Å². The number of aromatic nitrogens is 4. The summed E-state index contributed by atoms with van der Waals surface area (Å²) in [5, 5.41) is 8.36. The highest BCUT2D eigenvalue weighted by atomic mass is 35.5. The molecule has 0 spiro atoms. The van der Waals surface area contributed by atoms with Crippen molar-refractivity contribution < 1.29 is 4.74 Å². The van der Waals surface area contributed by atoms with Gasteiger partial charge in [-0.2, -0.15) is 10.2 Å². The summed E-state index contributed by atoms with van der Waals surface area (Å²) in [6, 6.07) is 10.1. The first-order valence-corrected chi connectivity index (χ1v) is 8.25. The SMILES string of the molecule is Cc1ccc(-c2ccc3c(c2)nc(CCl)n3C[C@@H]2CCO2)nn1. The number of halogens is 1. The number of ether oxygens (including phenoxy) is 1. The minimum Gasteiger partial charge on any atom is -0.376 e. The fraction of sp³-hybridized carbons (Fsp3) is 0.353. The molecule has 0 radical (unpaired) electrons. The van der Waals surface area contributed by atoms with Crippen LogP contribution in [0.5, 0.6) is 0 Å². The van der Waals surface area contributed by atoms with Crippen LogP contribution in [0.25, 0.3) is 22.3 Å². The molecule has 0 amide bonds. The van der Waals surface area contributed by atoms with Crippen LogP contribution >= 0.6 is 11.6 Å². The van der Waals surface area contributed by atoms with Gasteiger partial charge in [0.1, 0.15) is 5.82 Å². The van der Waals surface area contributed by atoms with Gasteiger partial charge in [-0.15, -0.1) is 11.6 Å².